The van der Waals surface area contributed by atoms with E-state index in [1.807, 2.05) is 25.2 Å². The van der Waals surface area contributed by atoms with Crippen LogP contribution < -0.4 is 34.9 Å². The van der Waals surface area contributed by atoms with Crippen LogP contribution in [0.1, 0.15) is 12.8 Å². The number of nitrogens with one attached hydrogen (secondary N) is 2. The fraction of sp³-hybridized carbons (Fsp3) is 0.423. The first-order valence-corrected chi connectivity index (χ1v) is 16.0. The summed E-state index contributed by atoms with van der Waals surface area (Å²) in [4.78, 5) is 48.4. The van der Waals surface area contributed by atoms with Gasteiger partial charge in [-0.05, 0) is 25.6 Å². The molecule has 39 heavy (non-hydrogen) atoms. The van der Waals surface area contributed by atoms with Gasteiger partial charge in [-0.25, -0.2) is 0 Å². The van der Waals surface area contributed by atoms with Gasteiger partial charge in [0.15, 0.2) is 5.69 Å². The molecule has 2 aliphatic rings. The summed E-state index contributed by atoms with van der Waals surface area (Å²) in [6.45, 7) is 7.04. The zero-order valence-corrected chi connectivity index (χ0v) is 23.9. The van der Waals surface area contributed by atoms with Crippen molar-refractivity contribution in [1.29, 1.82) is 0 Å². The van der Waals surface area contributed by atoms with Gasteiger partial charge in [-0.1, -0.05) is 37.0 Å². The molecule has 13 heteroatoms. The van der Waals surface area contributed by atoms with E-state index in [1.165, 1.54) is 24.3 Å². The van der Waals surface area contributed by atoms with E-state index in [1.54, 1.807) is 6.07 Å². The third kappa shape index (κ3) is 6.20. The van der Waals surface area contributed by atoms with Crippen molar-refractivity contribution < 1.29 is 33.3 Å². The van der Waals surface area contributed by atoms with Gasteiger partial charge in [0.1, 0.15) is 5.75 Å². The van der Waals surface area contributed by atoms with Crippen LogP contribution in [0.25, 0.3) is 0 Å². The number of hydrogen-bond acceptors (Lipinski definition) is 10. The van der Waals surface area contributed by atoms with Gasteiger partial charge in [0.05, 0.1) is 28.4 Å². The predicted molar refractivity (Wildman–Crippen MR) is 146 cm³/mol. The number of aromatic nitrogens is 2. The molecule has 2 atom stereocenters. The molecule has 12 nitrogen and oxygen atoms in total. The van der Waals surface area contributed by atoms with Crippen molar-refractivity contribution >= 4 is 42.5 Å². The number of nitrogens with zero attached hydrogens (tertiary/aromatic N) is 3. The normalized spacial score (nSPS) is 19.3. The van der Waals surface area contributed by atoms with E-state index in [4.69, 9.17) is 18.9 Å². The Morgan fingerprint density at radius 2 is 1.82 bits per heavy atom. The number of hydrogen-bond donors (Lipinski definition) is 2. The SMILES string of the molecule is CNC1CCN(c2nc(OC)c(NC(=O)C3OC(Oc4cccc([Si](C)(C)C)c4)=CC3=O)c(OC)n2)C(=O)C1. The molecular weight excluding hydrogens is 522 g/mol. The molecule has 2 amide bonds. The highest BCUT2D eigenvalue weighted by molar-refractivity contribution is 6.88. The summed E-state index contributed by atoms with van der Waals surface area (Å²) in [6.07, 6.45) is 0.663. The Morgan fingerprint density at radius 1 is 1.13 bits per heavy atom. The average Bonchev–Trinajstić information content (AvgIpc) is 3.27. The minimum absolute atomic E-state index is 0.0000785. The van der Waals surface area contributed by atoms with Crippen molar-refractivity contribution in [2.24, 2.45) is 0 Å². The molecule has 1 fully saturated rings. The third-order valence-electron chi connectivity index (χ3n) is 6.45. The lowest BCUT2D eigenvalue weighted by molar-refractivity contribution is -0.134. The van der Waals surface area contributed by atoms with Gasteiger partial charge >= 0.3 is 0 Å². The average molecular weight is 556 g/mol. The van der Waals surface area contributed by atoms with Gasteiger partial charge in [0.2, 0.25) is 35.5 Å². The van der Waals surface area contributed by atoms with Gasteiger partial charge in [-0.3, -0.25) is 19.3 Å². The zero-order chi connectivity index (χ0) is 28.3. The van der Waals surface area contributed by atoms with E-state index in [0.29, 0.717) is 18.7 Å². The minimum Gasteiger partial charge on any atom is -0.479 e. The Morgan fingerprint density at radius 3 is 2.41 bits per heavy atom. The highest BCUT2D eigenvalue weighted by atomic mass is 28.3. The van der Waals surface area contributed by atoms with E-state index in [0.717, 1.165) is 12.5 Å². The number of ketones is 1. The molecular formula is C26H33N5O7Si. The van der Waals surface area contributed by atoms with Gasteiger partial charge in [0, 0.05) is 19.0 Å². The first-order chi connectivity index (χ1) is 18.5. The Labute approximate surface area is 227 Å². The van der Waals surface area contributed by atoms with Crippen molar-refractivity contribution in [2.45, 2.75) is 44.6 Å². The van der Waals surface area contributed by atoms with Gasteiger partial charge in [0.25, 0.3) is 11.9 Å². The largest absolute Gasteiger partial charge is 0.479 e. The van der Waals surface area contributed by atoms with Crippen LogP contribution >= 0.6 is 0 Å². The molecule has 2 aliphatic heterocycles. The van der Waals surface area contributed by atoms with Crippen LogP contribution in [0.4, 0.5) is 11.6 Å². The highest BCUT2D eigenvalue weighted by Gasteiger charge is 2.37. The number of methoxy groups -OCH3 is 2. The molecule has 0 saturated carbocycles. The fourth-order valence-corrected chi connectivity index (χ4v) is 5.36. The summed E-state index contributed by atoms with van der Waals surface area (Å²) in [7, 11) is 2.94. The van der Waals surface area contributed by atoms with Crippen molar-refractivity contribution in [1.82, 2.24) is 15.3 Å². The molecule has 2 aromatic rings. The van der Waals surface area contributed by atoms with Crippen LogP contribution in [-0.4, -0.2) is 75.6 Å². The maximum atomic E-state index is 13.1. The summed E-state index contributed by atoms with van der Waals surface area (Å²) in [5, 5.41) is 6.84. The number of ether oxygens (including phenoxy) is 4. The predicted octanol–water partition coefficient (Wildman–Crippen LogP) is 1.58. The maximum Gasteiger partial charge on any atom is 0.289 e. The van der Waals surface area contributed by atoms with Crippen LogP contribution in [0.2, 0.25) is 19.6 Å². The van der Waals surface area contributed by atoms with E-state index in [9.17, 15) is 14.4 Å². The first kappa shape index (κ1) is 28.0. The maximum absolute atomic E-state index is 13.1. The molecule has 0 spiro atoms. The van der Waals surface area contributed by atoms with Crippen LogP contribution in [0.15, 0.2) is 36.3 Å². The van der Waals surface area contributed by atoms with Gasteiger partial charge in [-0.15, -0.1) is 0 Å². The molecule has 0 bridgehead atoms. The van der Waals surface area contributed by atoms with Crippen LogP contribution in [0.5, 0.6) is 17.5 Å². The van der Waals surface area contributed by atoms with Gasteiger partial charge < -0.3 is 29.6 Å². The number of benzene rings is 1. The topological polar surface area (TPSA) is 141 Å². The fourth-order valence-electron chi connectivity index (χ4n) is 4.19. The molecule has 0 aliphatic carbocycles. The second-order valence-electron chi connectivity index (χ2n) is 10.2. The number of piperidine rings is 1. The molecule has 4 rings (SSSR count). The van der Waals surface area contributed by atoms with Crippen molar-refractivity contribution in [2.75, 3.05) is 38.0 Å². The molecule has 0 radical (unpaired) electrons. The summed E-state index contributed by atoms with van der Waals surface area (Å²) in [5.41, 5.74) is -0.0000785. The summed E-state index contributed by atoms with van der Waals surface area (Å²) < 4.78 is 22.0. The van der Waals surface area contributed by atoms with E-state index in [2.05, 4.69) is 40.2 Å². The Balaban J connectivity index is 1.48. The summed E-state index contributed by atoms with van der Waals surface area (Å²) >= 11 is 0. The molecule has 1 aromatic carbocycles. The van der Waals surface area contributed by atoms with Gasteiger partial charge in [-0.2, -0.15) is 9.97 Å². The molecule has 3 heterocycles. The lowest BCUT2D eigenvalue weighted by Gasteiger charge is -2.30. The Hall–Kier alpha value is -3.97. The van der Waals surface area contributed by atoms with E-state index in [-0.39, 0.29) is 41.3 Å². The third-order valence-corrected chi connectivity index (χ3v) is 8.49. The molecule has 2 N–H and O–H groups in total. The number of amides is 2. The summed E-state index contributed by atoms with van der Waals surface area (Å²) in [5.74, 6) is -1.08. The molecule has 1 saturated heterocycles. The molecule has 208 valence electrons. The number of carbonyl (C=O) groups excluding carboxylic acids is 3. The minimum atomic E-state index is -1.58. The standard InChI is InChI=1S/C26H33N5O7Si/c1-27-15-10-11-31(19(33)12-15)26-29-24(35-2)21(25(30-26)36-3)28-23(34)22-18(32)14-20(38-22)37-16-8-7-9-17(13-16)39(4,5)6/h7-9,13-15,22,27H,10-12H2,1-6H3,(H,28,34). The Bertz CT molecular complexity index is 1280. The van der Waals surface area contributed by atoms with Crippen LogP contribution in [0, 0.1) is 0 Å². The quantitative estimate of drug-likeness (QED) is 0.346. The van der Waals surface area contributed by atoms with E-state index < -0.39 is 25.9 Å². The van der Waals surface area contributed by atoms with E-state index >= 15 is 0 Å². The summed E-state index contributed by atoms with van der Waals surface area (Å²) in [6, 6.07) is 7.66. The number of rotatable bonds is 9. The second kappa shape index (κ2) is 11.4. The van der Waals surface area contributed by atoms with Crippen LogP contribution in [-0.2, 0) is 19.1 Å². The number of carbonyl (C=O) groups is 3. The lowest BCUT2D eigenvalue weighted by Crippen LogP contribution is -2.45. The monoisotopic (exact) mass is 555 g/mol. The zero-order valence-electron chi connectivity index (χ0n) is 22.9. The molecule has 2 unspecified atom stereocenters. The molecule has 1 aromatic heterocycles. The first-order valence-electron chi connectivity index (χ1n) is 12.5. The Kier molecular flexibility index (Phi) is 8.21. The second-order valence-corrected chi connectivity index (χ2v) is 15.3. The number of anilines is 2. The van der Waals surface area contributed by atoms with Crippen molar-refractivity contribution in [3.05, 3.63) is 36.3 Å². The van der Waals surface area contributed by atoms with Crippen molar-refractivity contribution in [3.8, 4) is 17.5 Å². The smallest absolute Gasteiger partial charge is 0.289 e. The van der Waals surface area contributed by atoms with Crippen LogP contribution in [0.3, 0.4) is 0 Å². The lowest BCUT2D eigenvalue weighted by atomic mass is 10.1. The highest BCUT2D eigenvalue weighted by Crippen LogP contribution is 2.35. The van der Waals surface area contributed by atoms with Crippen molar-refractivity contribution in [3.63, 3.8) is 0 Å².